The molecule has 0 aliphatic carbocycles. The smallest absolute Gasteiger partial charge is 0.258 e. The molecule has 12 heavy (non-hydrogen) atoms. The maximum Gasteiger partial charge on any atom is 0.272 e. The Kier molecular flexibility index (Phi) is 2.58. The van der Waals surface area contributed by atoms with Gasteiger partial charge in [0, 0.05) is 11.6 Å². The molecule has 1 rings (SSSR count). The first-order chi connectivity index (χ1) is 5.75. The van der Waals surface area contributed by atoms with E-state index < -0.39 is 4.92 Å². The predicted octanol–water partition coefficient (Wildman–Crippen LogP) is 2.12. The van der Waals surface area contributed by atoms with E-state index in [2.05, 4.69) is 12.6 Å². The number of benzene rings is 1. The lowest BCUT2D eigenvalue weighted by molar-refractivity contribution is -0.385. The first kappa shape index (κ1) is 8.46. The van der Waals surface area contributed by atoms with E-state index in [0.29, 0.717) is 12.0 Å². The van der Waals surface area contributed by atoms with Crippen molar-refractivity contribution in [2.24, 2.45) is 0 Å². The van der Waals surface area contributed by atoms with Gasteiger partial charge in [-0.2, -0.15) is 0 Å². The second-order valence-corrected chi connectivity index (χ2v) is 2.30. The molecule has 0 aliphatic rings. The average molecular weight is 162 g/mol. The van der Waals surface area contributed by atoms with Crippen molar-refractivity contribution in [3.63, 3.8) is 0 Å². The number of rotatable bonds is 3. The van der Waals surface area contributed by atoms with Gasteiger partial charge < -0.3 is 0 Å². The van der Waals surface area contributed by atoms with Crippen molar-refractivity contribution in [1.82, 2.24) is 0 Å². The molecule has 0 bridgehead atoms. The van der Waals surface area contributed by atoms with Gasteiger partial charge in [-0.1, -0.05) is 6.08 Å². The molecule has 0 aromatic heterocycles. The molecule has 0 amide bonds. The minimum absolute atomic E-state index is 0.133. The molecule has 1 aromatic carbocycles. The normalized spacial score (nSPS) is 9.33. The van der Waals surface area contributed by atoms with Crippen molar-refractivity contribution in [3.05, 3.63) is 52.6 Å². The Hall–Kier alpha value is -1.64. The summed E-state index contributed by atoms with van der Waals surface area (Å²) in [6, 6.07) is 7.38. The van der Waals surface area contributed by atoms with E-state index in [1.54, 1.807) is 12.1 Å². The van der Waals surface area contributed by atoms with Crippen LogP contribution in [0.1, 0.15) is 5.56 Å². The number of hydrogen-bond acceptors (Lipinski definition) is 2. The molecule has 0 aliphatic heterocycles. The van der Waals surface area contributed by atoms with Crippen LogP contribution in [0.3, 0.4) is 0 Å². The third-order valence-corrected chi connectivity index (χ3v) is 1.48. The fourth-order valence-electron chi connectivity index (χ4n) is 0.954. The van der Waals surface area contributed by atoms with Gasteiger partial charge in [0.15, 0.2) is 0 Å². The second-order valence-electron chi connectivity index (χ2n) is 2.30. The molecular formula is C9H8NO2. The van der Waals surface area contributed by atoms with Crippen LogP contribution in [0.2, 0.25) is 0 Å². The predicted molar refractivity (Wildman–Crippen MR) is 45.8 cm³/mol. The molecule has 0 N–H and O–H groups in total. The van der Waals surface area contributed by atoms with E-state index in [1.807, 2.05) is 0 Å². The highest BCUT2D eigenvalue weighted by Crippen LogP contribution is 2.17. The summed E-state index contributed by atoms with van der Waals surface area (Å²) in [6.07, 6.45) is 2.14. The lowest BCUT2D eigenvalue weighted by Crippen LogP contribution is -1.93. The molecular weight excluding hydrogens is 154 g/mol. The maximum atomic E-state index is 10.5. The van der Waals surface area contributed by atoms with Crippen LogP contribution >= 0.6 is 0 Å². The maximum absolute atomic E-state index is 10.5. The van der Waals surface area contributed by atoms with Crippen LogP contribution in [0.15, 0.2) is 30.9 Å². The molecule has 0 saturated heterocycles. The van der Waals surface area contributed by atoms with E-state index in [4.69, 9.17) is 0 Å². The van der Waals surface area contributed by atoms with Crippen molar-refractivity contribution < 1.29 is 4.92 Å². The van der Waals surface area contributed by atoms with Gasteiger partial charge >= 0.3 is 0 Å². The van der Waals surface area contributed by atoms with Crippen molar-refractivity contribution in [2.75, 3.05) is 0 Å². The van der Waals surface area contributed by atoms with Gasteiger partial charge in [-0.15, -0.1) is 6.58 Å². The van der Waals surface area contributed by atoms with Crippen molar-refractivity contribution in [2.45, 2.75) is 6.42 Å². The molecule has 1 aromatic rings. The monoisotopic (exact) mass is 162 g/mol. The summed E-state index contributed by atoms with van der Waals surface area (Å²) in [5.41, 5.74) is 0.783. The third kappa shape index (κ3) is 1.69. The van der Waals surface area contributed by atoms with E-state index in [0.717, 1.165) is 0 Å². The van der Waals surface area contributed by atoms with Crippen molar-refractivity contribution in [3.8, 4) is 0 Å². The Morgan fingerprint density at radius 2 is 2.50 bits per heavy atom. The summed E-state index contributed by atoms with van der Waals surface area (Å²) in [6.45, 7) is 3.52. The van der Waals surface area contributed by atoms with Crippen molar-refractivity contribution in [1.29, 1.82) is 0 Å². The van der Waals surface area contributed by atoms with Gasteiger partial charge in [-0.3, -0.25) is 10.1 Å². The summed E-state index contributed by atoms with van der Waals surface area (Å²) < 4.78 is 0. The zero-order valence-electron chi connectivity index (χ0n) is 6.49. The fraction of sp³-hybridized carbons (Fsp3) is 0.111. The van der Waals surface area contributed by atoms with E-state index in [-0.39, 0.29) is 5.69 Å². The van der Waals surface area contributed by atoms with Gasteiger partial charge in [-0.25, -0.2) is 0 Å². The minimum atomic E-state index is -0.396. The second kappa shape index (κ2) is 3.67. The number of allylic oxidation sites excluding steroid dienone is 1. The molecule has 3 heteroatoms. The average Bonchev–Trinajstić information content (AvgIpc) is 2.05. The fourth-order valence-corrected chi connectivity index (χ4v) is 0.954. The van der Waals surface area contributed by atoms with Crippen LogP contribution in [0.5, 0.6) is 0 Å². The molecule has 3 nitrogen and oxygen atoms in total. The van der Waals surface area contributed by atoms with Crippen LogP contribution < -0.4 is 0 Å². The lowest BCUT2D eigenvalue weighted by Gasteiger charge is -1.96. The summed E-state index contributed by atoms with van der Waals surface area (Å²) in [5, 5.41) is 10.5. The summed E-state index contributed by atoms with van der Waals surface area (Å²) >= 11 is 0. The third-order valence-electron chi connectivity index (χ3n) is 1.48. The zero-order chi connectivity index (χ0) is 8.97. The SMILES string of the molecule is C=CCc1c[c]ccc1[N+](=O)[O-]. The molecule has 0 atom stereocenters. The topological polar surface area (TPSA) is 43.1 Å². The lowest BCUT2D eigenvalue weighted by atomic mass is 10.1. The Balaban J connectivity index is 3.07. The van der Waals surface area contributed by atoms with Gasteiger partial charge in [0.05, 0.1) is 4.92 Å². The number of nitro groups is 1. The van der Waals surface area contributed by atoms with Crippen LogP contribution in [-0.2, 0) is 6.42 Å². The van der Waals surface area contributed by atoms with Gasteiger partial charge in [0.25, 0.3) is 5.69 Å². The Labute approximate surface area is 70.5 Å². The molecule has 0 unspecified atom stereocenters. The van der Waals surface area contributed by atoms with E-state index in [1.165, 1.54) is 12.1 Å². The van der Waals surface area contributed by atoms with Crippen LogP contribution in [0.25, 0.3) is 0 Å². The molecule has 61 valence electrons. The molecule has 0 heterocycles. The molecule has 0 saturated carbocycles. The first-order valence-corrected chi connectivity index (χ1v) is 3.50. The summed E-state index contributed by atoms with van der Waals surface area (Å²) in [5.74, 6) is 0. The molecule has 0 spiro atoms. The van der Waals surface area contributed by atoms with E-state index >= 15 is 0 Å². The number of hydrogen-bond donors (Lipinski definition) is 0. The highest BCUT2D eigenvalue weighted by Gasteiger charge is 2.09. The molecule has 0 fully saturated rings. The van der Waals surface area contributed by atoms with Crippen LogP contribution in [0, 0.1) is 16.2 Å². The first-order valence-electron chi connectivity index (χ1n) is 3.50. The largest absolute Gasteiger partial charge is 0.272 e. The van der Waals surface area contributed by atoms with E-state index in [9.17, 15) is 10.1 Å². The van der Waals surface area contributed by atoms with Gasteiger partial charge in [0.2, 0.25) is 0 Å². The number of nitrogens with zero attached hydrogens (tertiary/aromatic N) is 1. The Bertz CT molecular complexity index is 307. The zero-order valence-corrected chi connectivity index (χ0v) is 6.49. The quantitative estimate of drug-likeness (QED) is 0.388. The van der Waals surface area contributed by atoms with Gasteiger partial charge in [-0.05, 0) is 24.6 Å². The van der Waals surface area contributed by atoms with Crippen LogP contribution in [0.4, 0.5) is 5.69 Å². The Morgan fingerprint density at radius 3 is 3.08 bits per heavy atom. The molecule has 1 radical (unpaired) electrons. The minimum Gasteiger partial charge on any atom is -0.258 e. The highest BCUT2D eigenvalue weighted by atomic mass is 16.6. The Morgan fingerprint density at radius 1 is 1.75 bits per heavy atom. The van der Waals surface area contributed by atoms with Crippen molar-refractivity contribution >= 4 is 5.69 Å². The summed E-state index contributed by atoms with van der Waals surface area (Å²) in [7, 11) is 0. The highest BCUT2D eigenvalue weighted by molar-refractivity contribution is 5.40. The summed E-state index contributed by atoms with van der Waals surface area (Å²) in [4.78, 5) is 10.1. The number of nitro benzene ring substituents is 1. The van der Waals surface area contributed by atoms with Crippen LogP contribution in [-0.4, -0.2) is 4.92 Å². The van der Waals surface area contributed by atoms with Gasteiger partial charge in [0.1, 0.15) is 0 Å². The standard InChI is InChI=1S/C9H8NO2/c1-2-5-8-6-3-4-7-9(8)10(11)12/h2,4,6-7H,1,5H2.